The summed E-state index contributed by atoms with van der Waals surface area (Å²) in [6.45, 7) is 8.18. The molecule has 0 amide bonds. The molecule has 0 bridgehead atoms. The third kappa shape index (κ3) is 6.96. The molecular formula is C37H36O10. The SMILES string of the molecule is CC(C)=CCOc1cc2oc(=O)ccc2cc1O.COc1ccc(-c2c(OC)c3c(OC)c4c(cc3oc2=O)OC(C)(C)C=C4)cc1. The monoisotopic (exact) mass is 640 g/mol. The Hall–Kier alpha value is -5.64. The van der Waals surface area contributed by atoms with Crippen LogP contribution in [0.25, 0.3) is 39.1 Å². The highest BCUT2D eigenvalue weighted by Crippen LogP contribution is 2.47. The molecule has 1 aliphatic heterocycles. The van der Waals surface area contributed by atoms with E-state index >= 15 is 0 Å². The minimum atomic E-state index is -0.507. The molecule has 0 fully saturated rings. The average molecular weight is 641 g/mol. The van der Waals surface area contributed by atoms with Crippen LogP contribution in [0.2, 0.25) is 0 Å². The minimum Gasteiger partial charge on any atom is -0.504 e. The third-order valence-electron chi connectivity index (χ3n) is 7.35. The van der Waals surface area contributed by atoms with Crippen molar-refractivity contribution in [3.8, 4) is 45.6 Å². The van der Waals surface area contributed by atoms with Crippen LogP contribution in [0.5, 0.6) is 34.5 Å². The van der Waals surface area contributed by atoms with Gasteiger partial charge >= 0.3 is 11.3 Å². The topological polar surface area (TPSA) is 127 Å². The van der Waals surface area contributed by atoms with Gasteiger partial charge in [0.25, 0.3) is 0 Å². The number of ether oxygens (including phenoxy) is 5. The molecule has 0 spiro atoms. The van der Waals surface area contributed by atoms with Gasteiger partial charge in [-0.2, -0.15) is 0 Å². The quantitative estimate of drug-likeness (QED) is 0.141. The Labute approximate surface area is 271 Å². The molecule has 1 aliphatic rings. The number of rotatable bonds is 7. The molecule has 0 saturated carbocycles. The van der Waals surface area contributed by atoms with Gasteiger partial charge in [-0.3, -0.25) is 0 Å². The van der Waals surface area contributed by atoms with Crippen LogP contribution >= 0.6 is 0 Å². The van der Waals surface area contributed by atoms with Crippen molar-refractivity contribution >= 4 is 28.0 Å². The van der Waals surface area contributed by atoms with Crippen LogP contribution in [0.15, 0.2) is 90.7 Å². The number of fused-ring (bicyclic) bond motifs is 3. The first-order valence-electron chi connectivity index (χ1n) is 14.8. The fraction of sp³-hybridized carbons (Fsp3) is 0.243. The van der Waals surface area contributed by atoms with Crippen LogP contribution in [-0.4, -0.2) is 38.6 Å². The molecule has 0 unspecified atom stereocenters. The Balaban J connectivity index is 0.000000207. The Morgan fingerprint density at radius 2 is 1.60 bits per heavy atom. The number of aromatic hydroxyl groups is 1. The van der Waals surface area contributed by atoms with E-state index < -0.39 is 16.9 Å². The van der Waals surface area contributed by atoms with Gasteiger partial charge in [0.1, 0.15) is 57.3 Å². The van der Waals surface area contributed by atoms with Crippen molar-refractivity contribution in [1.29, 1.82) is 0 Å². The number of hydrogen-bond acceptors (Lipinski definition) is 10. The maximum atomic E-state index is 12.9. The van der Waals surface area contributed by atoms with Crippen molar-refractivity contribution in [1.82, 2.24) is 0 Å². The molecular weight excluding hydrogens is 604 g/mol. The smallest absolute Gasteiger partial charge is 0.347 e. The first kappa shape index (κ1) is 32.7. The normalized spacial score (nSPS) is 12.7. The van der Waals surface area contributed by atoms with E-state index in [0.717, 1.165) is 11.1 Å². The van der Waals surface area contributed by atoms with Gasteiger partial charge in [-0.25, -0.2) is 9.59 Å². The number of phenolic OH excluding ortho intramolecular Hbond substituents is 1. The van der Waals surface area contributed by atoms with E-state index in [9.17, 15) is 14.7 Å². The molecule has 0 aliphatic carbocycles. The average Bonchev–Trinajstić information content (AvgIpc) is 3.03. The molecule has 47 heavy (non-hydrogen) atoms. The summed E-state index contributed by atoms with van der Waals surface area (Å²) in [5.74, 6) is 2.52. The van der Waals surface area contributed by atoms with Crippen molar-refractivity contribution in [3.63, 3.8) is 0 Å². The van der Waals surface area contributed by atoms with Crippen LogP contribution in [0.1, 0.15) is 33.3 Å². The summed E-state index contributed by atoms with van der Waals surface area (Å²) < 4.78 is 38.7. The molecule has 0 saturated heterocycles. The lowest BCUT2D eigenvalue weighted by atomic mass is 9.98. The summed E-state index contributed by atoms with van der Waals surface area (Å²) in [5.41, 5.74) is 2.20. The predicted molar refractivity (Wildman–Crippen MR) is 180 cm³/mol. The standard InChI is InChI=1S/C23H22O6.C14H14O4/c1-23(2)11-10-15-16(29-23)12-17-19(20(15)26-4)21(27-5)18(22(24)28-17)13-6-8-14(25-3)9-7-13;1-9(2)5-6-17-13-8-12-10(7-11(13)15)3-4-14(16)18-12/h6-12H,1-5H3;3-5,7-8,15H,6H2,1-2H3. The van der Waals surface area contributed by atoms with Gasteiger partial charge in [-0.15, -0.1) is 0 Å². The van der Waals surface area contributed by atoms with E-state index in [4.69, 9.17) is 32.5 Å². The van der Waals surface area contributed by atoms with Crippen molar-refractivity contribution in [3.05, 3.63) is 98.7 Å². The number of methoxy groups -OCH3 is 3. The summed E-state index contributed by atoms with van der Waals surface area (Å²) in [5, 5.41) is 11.0. The molecule has 10 heteroatoms. The van der Waals surface area contributed by atoms with Gasteiger partial charge < -0.3 is 37.6 Å². The Kier molecular flexibility index (Phi) is 9.32. The molecule has 3 heterocycles. The van der Waals surface area contributed by atoms with Gasteiger partial charge in [0.15, 0.2) is 11.5 Å². The second-order valence-electron chi connectivity index (χ2n) is 11.5. The largest absolute Gasteiger partial charge is 0.504 e. The van der Waals surface area contributed by atoms with Gasteiger partial charge in [-0.05, 0) is 75.8 Å². The Morgan fingerprint density at radius 3 is 2.26 bits per heavy atom. The lowest BCUT2D eigenvalue weighted by molar-refractivity contribution is 0.158. The highest BCUT2D eigenvalue weighted by atomic mass is 16.5. The molecule has 5 aromatic rings. The van der Waals surface area contributed by atoms with E-state index in [1.165, 1.54) is 25.3 Å². The van der Waals surface area contributed by atoms with Crippen LogP contribution in [0, 0.1) is 0 Å². The summed E-state index contributed by atoms with van der Waals surface area (Å²) in [6.07, 6.45) is 5.80. The van der Waals surface area contributed by atoms with E-state index in [-0.39, 0.29) is 5.75 Å². The maximum Gasteiger partial charge on any atom is 0.347 e. The predicted octanol–water partition coefficient (Wildman–Crippen LogP) is 7.51. The van der Waals surface area contributed by atoms with Crippen molar-refractivity contribution < 1.29 is 37.6 Å². The second-order valence-corrected chi connectivity index (χ2v) is 11.5. The zero-order chi connectivity index (χ0) is 33.9. The van der Waals surface area contributed by atoms with E-state index in [1.54, 1.807) is 50.6 Å². The molecule has 3 aromatic carbocycles. The van der Waals surface area contributed by atoms with Crippen molar-refractivity contribution in [2.75, 3.05) is 27.9 Å². The maximum absolute atomic E-state index is 12.9. The molecule has 2 aromatic heterocycles. The fourth-order valence-corrected chi connectivity index (χ4v) is 5.06. The molecule has 1 N–H and O–H groups in total. The fourth-order valence-electron chi connectivity index (χ4n) is 5.06. The lowest BCUT2D eigenvalue weighted by Crippen LogP contribution is -2.27. The molecule has 0 atom stereocenters. The van der Waals surface area contributed by atoms with Gasteiger partial charge in [0.05, 0.1) is 26.9 Å². The van der Waals surface area contributed by atoms with E-state index in [1.807, 2.05) is 45.9 Å². The van der Waals surface area contributed by atoms with Crippen molar-refractivity contribution in [2.45, 2.75) is 33.3 Å². The second kappa shape index (κ2) is 13.4. The lowest BCUT2D eigenvalue weighted by Gasteiger charge is -2.29. The van der Waals surface area contributed by atoms with Crippen LogP contribution in [0.4, 0.5) is 0 Å². The van der Waals surface area contributed by atoms with Crippen LogP contribution < -0.4 is 34.9 Å². The summed E-state index contributed by atoms with van der Waals surface area (Å²) in [4.78, 5) is 24.0. The first-order valence-corrected chi connectivity index (χ1v) is 14.8. The number of allylic oxidation sites excluding steroid dienone is 1. The first-order chi connectivity index (χ1) is 22.4. The summed E-state index contributed by atoms with van der Waals surface area (Å²) in [7, 11) is 4.68. The minimum absolute atomic E-state index is 0.0264. The number of hydrogen-bond donors (Lipinski definition) is 1. The van der Waals surface area contributed by atoms with Crippen LogP contribution in [-0.2, 0) is 0 Å². The Morgan fingerprint density at radius 1 is 0.872 bits per heavy atom. The molecule has 244 valence electrons. The van der Waals surface area contributed by atoms with Crippen LogP contribution in [0.3, 0.4) is 0 Å². The van der Waals surface area contributed by atoms with Gasteiger partial charge in [-0.1, -0.05) is 17.7 Å². The zero-order valence-corrected chi connectivity index (χ0v) is 27.3. The Bertz CT molecular complexity index is 2110. The highest BCUT2D eigenvalue weighted by molar-refractivity contribution is 5.99. The van der Waals surface area contributed by atoms with E-state index in [0.29, 0.717) is 68.4 Å². The molecule has 10 nitrogen and oxygen atoms in total. The zero-order valence-electron chi connectivity index (χ0n) is 27.3. The summed E-state index contributed by atoms with van der Waals surface area (Å²) >= 11 is 0. The van der Waals surface area contributed by atoms with Crippen molar-refractivity contribution in [2.24, 2.45) is 0 Å². The molecule has 6 rings (SSSR count). The van der Waals surface area contributed by atoms with Gasteiger partial charge in [0, 0.05) is 23.6 Å². The summed E-state index contributed by atoms with van der Waals surface area (Å²) in [6, 6.07) is 14.8. The molecule has 0 radical (unpaired) electrons. The highest BCUT2D eigenvalue weighted by Gasteiger charge is 2.29. The van der Waals surface area contributed by atoms with Gasteiger partial charge in [0.2, 0.25) is 0 Å². The number of benzene rings is 3. The third-order valence-corrected chi connectivity index (χ3v) is 7.35. The van der Waals surface area contributed by atoms with E-state index in [2.05, 4.69) is 0 Å². The number of phenols is 1.